The largest absolute Gasteiger partial charge is 0.396 e. The third-order valence-electron chi connectivity index (χ3n) is 3.47. The fraction of sp³-hybridized carbons (Fsp3) is 0.636. The van der Waals surface area contributed by atoms with Crippen LogP contribution in [0.15, 0.2) is 17.2 Å². The van der Waals surface area contributed by atoms with Crippen molar-refractivity contribution in [1.29, 1.82) is 0 Å². The second-order valence-corrected chi connectivity index (χ2v) is 5.64. The van der Waals surface area contributed by atoms with Gasteiger partial charge < -0.3 is 24.4 Å². The second kappa shape index (κ2) is 6.49. The van der Waals surface area contributed by atoms with Crippen molar-refractivity contribution in [1.82, 2.24) is 9.55 Å². The second-order valence-electron chi connectivity index (χ2n) is 4.87. The van der Waals surface area contributed by atoms with Crippen molar-refractivity contribution in [3.63, 3.8) is 0 Å². The zero-order chi connectivity index (χ0) is 14.7. The SMILES string of the molecule is Cn1ccnc(N[C@@H]2C[C@H](CO)[C@@H](O[PH](=O)O)C2)c1=O. The highest BCUT2D eigenvalue weighted by molar-refractivity contribution is 7.32. The van der Waals surface area contributed by atoms with Gasteiger partial charge in [0.2, 0.25) is 0 Å². The molecule has 1 aromatic rings. The van der Waals surface area contributed by atoms with Crippen LogP contribution in [0.25, 0.3) is 0 Å². The van der Waals surface area contributed by atoms with Crippen LogP contribution in [0.1, 0.15) is 12.8 Å². The van der Waals surface area contributed by atoms with Crippen LogP contribution >= 0.6 is 8.25 Å². The first-order chi connectivity index (χ1) is 9.51. The molecular weight excluding hydrogens is 285 g/mol. The summed E-state index contributed by atoms with van der Waals surface area (Å²) in [5.74, 6) is 0.00940. The molecule has 1 saturated carbocycles. The average molecular weight is 303 g/mol. The molecule has 1 aliphatic carbocycles. The summed E-state index contributed by atoms with van der Waals surface area (Å²) in [6, 6.07) is -0.124. The minimum atomic E-state index is -3.04. The van der Waals surface area contributed by atoms with E-state index in [-0.39, 0.29) is 29.9 Å². The maximum Gasteiger partial charge on any atom is 0.316 e. The summed E-state index contributed by atoms with van der Waals surface area (Å²) in [6.07, 6.45) is 3.59. The van der Waals surface area contributed by atoms with E-state index in [1.54, 1.807) is 13.2 Å². The van der Waals surface area contributed by atoms with Gasteiger partial charge in [-0.05, 0) is 12.8 Å². The minimum absolute atomic E-state index is 0.124. The normalized spacial score (nSPS) is 27.4. The van der Waals surface area contributed by atoms with Crippen molar-refractivity contribution < 1.29 is 19.1 Å². The number of aliphatic hydroxyl groups is 1. The number of aryl methyl sites for hydroxylation is 1. The zero-order valence-corrected chi connectivity index (χ0v) is 12.0. The molecule has 0 aromatic carbocycles. The third-order valence-corrected chi connectivity index (χ3v) is 3.98. The first kappa shape index (κ1) is 15.2. The summed E-state index contributed by atoms with van der Waals surface area (Å²) in [4.78, 5) is 24.7. The molecule has 1 unspecified atom stereocenters. The van der Waals surface area contributed by atoms with Gasteiger partial charge in [-0.25, -0.2) is 4.98 Å². The third kappa shape index (κ3) is 3.46. The molecule has 8 nitrogen and oxygen atoms in total. The summed E-state index contributed by atoms with van der Waals surface area (Å²) in [5.41, 5.74) is -0.242. The molecule has 1 aromatic heterocycles. The van der Waals surface area contributed by atoms with Gasteiger partial charge in [0, 0.05) is 38.0 Å². The predicted molar refractivity (Wildman–Crippen MR) is 72.8 cm³/mol. The van der Waals surface area contributed by atoms with E-state index in [2.05, 4.69) is 10.3 Å². The molecule has 0 aliphatic heterocycles. The number of anilines is 1. The molecule has 4 atom stereocenters. The minimum Gasteiger partial charge on any atom is -0.396 e. The Morgan fingerprint density at radius 2 is 2.35 bits per heavy atom. The highest BCUT2D eigenvalue weighted by atomic mass is 31.1. The van der Waals surface area contributed by atoms with Crippen LogP contribution in [0.3, 0.4) is 0 Å². The number of rotatable bonds is 5. The van der Waals surface area contributed by atoms with Gasteiger partial charge in [-0.1, -0.05) is 0 Å². The van der Waals surface area contributed by atoms with Crippen molar-refractivity contribution in [3.05, 3.63) is 22.7 Å². The van der Waals surface area contributed by atoms with E-state index < -0.39 is 14.4 Å². The van der Waals surface area contributed by atoms with Crippen LogP contribution < -0.4 is 10.9 Å². The first-order valence-corrected chi connectivity index (χ1v) is 7.56. The smallest absolute Gasteiger partial charge is 0.316 e. The Morgan fingerprint density at radius 1 is 1.60 bits per heavy atom. The highest BCUT2D eigenvalue weighted by Gasteiger charge is 2.36. The van der Waals surface area contributed by atoms with Gasteiger partial charge in [0.1, 0.15) is 0 Å². The molecular formula is C11H18N3O5P. The molecule has 1 aliphatic rings. The monoisotopic (exact) mass is 303 g/mol. The fourth-order valence-corrected chi connectivity index (χ4v) is 3.01. The van der Waals surface area contributed by atoms with E-state index in [0.717, 1.165) is 0 Å². The fourth-order valence-electron chi connectivity index (χ4n) is 2.46. The van der Waals surface area contributed by atoms with E-state index in [1.807, 2.05) is 0 Å². The molecule has 2 rings (SSSR count). The number of nitrogens with one attached hydrogen (secondary N) is 1. The van der Waals surface area contributed by atoms with Crippen molar-refractivity contribution >= 4 is 14.1 Å². The van der Waals surface area contributed by atoms with Gasteiger partial charge in [0.25, 0.3) is 5.56 Å². The molecule has 0 bridgehead atoms. The van der Waals surface area contributed by atoms with E-state index in [1.165, 1.54) is 10.8 Å². The average Bonchev–Trinajstić information content (AvgIpc) is 2.76. The predicted octanol–water partition coefficient (Wildman–Crippen LogP) is -0.270. The van der Waals surface area contributed by atoms with Crippen LogP contribution in [0.5, 0.6) is 0 Å². The number of aromatic nitrogens is 2. The van der Waals surface area contributed by atoms with Crippen LogP contribution in [0.4, 0.5) is 5.82 Å². The quantitative estimate of drug-likeness (QED) is 0.642. The molecule has 112 valence electrons. The van der Waals surface area contributed by atoms with Crippen molar-refractivity contribution in [3.8, 4) is 0 Å². The Bertz CT molecular complexity index is 549. The van der Waals surface area contributed by atoms with Gasteiger partial charge in [-0.2, -0.15) is 0 Å². The lowest BCUT2D eigenvalue weighted by Gasteiger charge is -2.15. The van der Waals surface area contributed by atoms with Crippen LogP contribution in [0.2, 0.25) is 0 Å². The highest BCUT2D eigenvalue weighted by Crippen LogP contribution is 2.35. The molecule has 0 spiro atoms. The van der Waals surface area contributed by atoms with Gasteiger partial charge in [-0.15, -0.1) is 0 Å². The van der Waals surface area contributed by atoms with Crippen LogP contribution in [0, 0.1) is 5.92 Å². The lowest BCUT2D eigenvalue weighted by molar-refractivity contribution is 0.106. The Morgan fingerprint density at radius 3 is 3.00 bits per heavy atom. The maximum atomic E-state index is 11.8. The summed E-state index contributed by atoms with van der Waals surface area (Å²) in [7, 11) is -1.41. The summed E-state index contributed by atoms with van der Waals surface area (Å²) >= 11 is 0. The van der Waals surface area contributed by atoms with Gasteiger partial charge in [-0.3, -0.25) is 9.36 Å². The van der Waals surface area contributed by atoms with E-state index in [0.29, 0.717) is 12.8 Å². The summed E-state index contributed by atoms with van der Waals surface area (Å²) < 4.78 is 17.1. The number of hydrogen-bond donors (Lipinski definition) is 3. The Balaban J connectivity index is 2.06. The molecule has 0 radical (unpaired) electrons. The van der Waals surface area contributed by atoms with E-state index >= 15 is 0 Å². The van der Waals surface area contributed by atoms with Crippen molar-refractivity contribution in [2.45, 2.75) is 25.0 Å². The molecule has 0 amide bonds. The molecule has 9 heteroatoms. The zero-order valence-electron chi connectivity index (χ0n) is 11.0. The number of hydrogen-bond acceptors (Lipinski definition) is 6. The summed E-state index contributed by atoms with van der Waals surface area (Å²) in [5, 5.41) is 12.3. The van der Waals surface area contributed by atoms with Crippen molar-refractivity contribution in [2.75, 3.05) is 11.9 Å². The number of nitrogens with zero attached hydrogens (tertiary/aromatic N) is 2. The Kier molecular flexibility index (Phi) is 4.93. The summed E-state index contributed by atoms with van der Waals surface area (Å²) in [6.45, 7) is -0.127. The molecule has 3 N–H and O–H groups in total. The van der Waals surface area contributed by atoms with Gasteiger partial charge >= 0.3 is 8.25 Å². The Hall–Kier alpha value is -1.21. The van der Waals surface area contributed by atoms with Crippen LogP contribution in [-0.2, 0) is 16.1 Å². The molecule has 0 saturated heterocycles. The topological polar surface area (TPSA) is 114 Å². The van der Waals surface area contributed by atoms with Gasteiger partial charge in [0.15, 0.2) is 5.82 Å². The standard InChI is InChI=1S/C11H18N3O5P/c1-14-3-2-12-10(11(14)16)13-8-4-7(6-15)9(5-8)19-20(17)18/h2-3,7-9,15,20H,4-6H2,1H3,(H,12,13)(H,17,18)/t7-,8-,9+/m1/s1. The van der Waals surface area contributed by atoms with Gasteiger partial charge in [0.05, 0.1) is 6.10 Å². The Labute approximate surface area is 116 Å². The lowest BCUT2D eigenvalue weighted by Crippen LogP contribution is -2.27. The van der Waals surface area contributed by atoms with Crippen LogP contribution in [-0.4, -0.2) is 38.3 Å². The van der Waals surface area contributed by atoms with E-state index in [9.17, 15) is 14.5 Å². The molecule has 1 fully saturated rings. The molecule has 20 heavy (non-hydrogen) atoms. The van der Waals surface area contributed by atoms with Crippen molar-refractivity contribution in [2.24, 2.45) is 13.0 Å². The lowest BCUT2D eigenvalue weighted by atomic mass is 10.1. The molecule has 1 heterocycles. The first-order valence-electron chi connectivity index (χ1n) is 6.30. The maximum absolute atomic E-state index is 11.8. The van der Waals surface area contributed by atoms with E-state index in [4.69, 9.17) is 9.42 Å². The number of aliphatic hydroxyl groups excluding tert-OH is 1.